The third kappa shape index (κ3) is 3.83. The second-order valence-corrected chi connectivity index (χ2v) is 9.22. The van der Waals surface area contributed by atoms with Gasteiger partial charge in [-0.05, 0) is 81.1 Å². The summed E-state index contributed by atoms with van der Waals surface area (Å²) in [6.45, 7) is 4.17. The van der Waals surface area contributed by atoms with Crippen LogP contribution in [0, 0.1) is 13.8 Å². The van der Waals surface area contributed by atoms with Gasteiger partial charge in [-0.3, -0.25) is 9.98 Å². The zero-order valence-corrected chi connectivity index (χ0v) is 19.5. The van der Waals surface area contributed by atoms with Crippen LogP contribution in [0.3, 0.4) is 0 Å². The second-order valence-electron chi connectivity index (χ2n) is 9.22. The molecule has 0 unspecified atom stereocenters. The van der Waals surface area contributed by atoms with Crippen LogP contribution < -0.4 is 10.7 Å². The van der Waals surface area contributed by atoms with Gasteiger partial charge in [0.05, 0.1) is 51.4 Å². The van der Waals surface area contributed by atoms with Crippen molar-refractivity contribution < 1.29 is 0 Å². The van der Waals surface area contributed by atoms with Gasteiger partial charge in [-0.25, -0.2) is 4.98 Å². The van der Waals surface area contributed by atoms with Gasteiger partial charge >= 0.3 is 0 Å². The molecule has 2 aliphatic carbocycles. The van der Waals surface area contributed by atoms with Crippen LogP contribution in [0.4, 0.5) is 11.4 Å². The van der Waals surface area contributed by atoms with Crippen LogP contribution in [-0.2, 0) is 0 Å². The van der Waals surface area contributed by atoms with E-state index in [4.69, 9.17) is 9.98 Å². The molecule has 1 aromatic heterocycles. The lowest BCUT2D eigenvalue weighted by molar-refractivity contribution is 0.413. The number of nitrogens with zero attached hydrogens (tertiary/aromatic N) is 4. The van der Waals surface area contributed by atoms with E-state index in [1.807, 2.05) is 18.5 Å². The summed E-state index contributed by atoms with van der Waals surface area (Å²) >= 11 is 0. The first-order valence-corrected chi connectivity index (χ1v) is 11.9. The van der Waals surface area contributed by atoms with E-state index in [0.717, 1.165) is 63.2 Å². The molecule has 3 aliphatic rings. The summed E-state index contributed by atoms with van der Waals surface area (Å²) in [5.41, 5.74) is 9.41. The average Bonchev–Trinajstić information content (AvgIpc) is 2.81. The Labute approximate surface area is 199 Å². The summed E-state index contributed by atoms with van der Waals surface area (Å²) in [5, 5.41) is 4.54. The van der Waals surface area contributed by atoms with Crippen molar-refractivity contribution in [2.45, 2.75) is 39.2 Å². The topological polar surface area (TPSA) is 55.1 Å². The Hall–Kier alpha value is -3.99. The molecular formula is C29H27N5. The number of para-hydroxylation sites is 2. The molecule has 1 fully saturated rings. The fourth-order valence-corrected chi connectivity index (χ4v) is 4.51. The summed E-state index contributed by atoms with van der Waals surface area (Å²) in [4.78, 5) is 14.5. The van der Waals surface area contributed by atoms with Gasteiger partial charge in [-0.2, -0.15) is 0 Å². The van der Waals surface area contributed by atoms with E-state index in [1.54, 1.807) is 0 Å². The van der Waals surface area contributed by atoms with Gasteiger partial charge in [0.2, 0.25) is 0 Å². The predicted octanol–water partition coefficient (Wildman–Crippen LogP) is 6.34. The van der Waals surface area contributed by atoms with Gasteiger partial charge in [0.15, 0.2) is 0 Å². The summed E-state index contributed by atoms with van der Waals surface area (Å²) in [7, 11) is 0. The zero-order chi connectivity index (χ0) is 23.1. The Morgan fingerprint density at radius 2 is 1.74 bits per heavy atom. The lowest BCUT2D eigenvalue weighted by Gasteiger charge is -2.23. The standard InChI is InChI=1S/C29H27N5/c1-19-10-12-23(13-11-19)34-28-9-4-3-8-24(28)33-27-15-25(32-22-14-20(2)17-30-18-22)26(16-29(27)34)31-21-6-5-7-21/h3-4,8-18,21,32H,5-7H2,1-2H3/b31-26+. The average molecular weight is 446 g/mol. The Morgan fingerprint density at radius 1 is 0.912 bits per heavy atom. The summed E-state index contributed by atoms with van der Waals surface area (Å²) < 4.78 is 2.30. The third-order valence-electron chi connectivity index (χ3n) is 6.54. The predicted molar refractivity (Wildman–Crippen MR) is 138 cm³/mol. The Kier molecular flexibility index (Phi) is 5.10. The first-order valence-electron chi connectivity index (χ1n) is 11.9. The molecule has 1 N–H and O–H groups in total. The minimum Gasteiger partial charge on any atom is -0.352 e. The fourth-order valence-electron chi connectivity index (χ4n) is 4.51. The van der Waals surface area contributed by atoms with Crippen LogP contribution in [0.25, 0.3) is 28.1 Å². The number of anilines is 2. The number of aromatic nitrogens is 3. The molecule has 3 aromatic rings. The van der Waals surface area contributed by atoms with Crippen LogP contribution >= 0.6 is 0 Å². The van der Waals surface area contributed by atoms with Gasteiger partial charge < -0.3 is 9.88 Å². The molecule has 5 heteroatoms. The summed E-state index contributed by atoms with van der Waals surface area (Å²) in [6.07, 6.45) is 7.27. The fraction of sp³-hybridized carbons (Fsp3) is 0.207. The smallest absolute Gasteiger partial charge is 0.0900 e. The number of aryl methyl sites for hydroxylation is 2. The molecule has 0 bridgehead atoms. The van der Waals surface area contributed by atoms with Gasteiger partial charge in [0, 0.05) is 11.9 Å². The minimum absolute atomic E-state index is 0.384. The van der Waals surface area contributed by atoms with Crippen LogP contribution in [0.15, 0.2) is 84.1 Å². The van der Waals surface area contributed by atoms with Crippen molar-refractivity contribution in [3.05, 3.63) is 95.6 Å². The molecule has 2 aromatic carbocycles. The first kappa shape index (κ1) is 20.6. The monoisotopic (exact) mass is 445 g/mol. The molecular weight excluding hydrogens is 418 g/mol. The number of fused-ring (bicyclic) bond motifs is 2. The van der Waals surface area contributed by atoms with E-state index in [9.17, 15) is 0 Å². The lowest BCUT2D eigenvalue weighted by Crippen LogP contribution is -2.22. The van der Waals surface area contributed by atoms with E-state index >= 15 is 0 Å². The number of nitrogens with one attached hydrogen (secondary N) is 1. The quantitative estimate of drug-likeness (QED) is 0.329. The highest BCUT2D eigenvalue weighted by Gasteiger charge is 2.19. The van der Waals surface area contributed by atoms with Crippen molar-refractivity contribution in [3.8, 4) is 17.1 Å². The first-order chi connectivity index (χ1) is 16.6. The van der Waals surface area contributed by atoms with Crippen LogP contribution in [0.1, 0.15) is 30.4 Å². The molecule has 1 saturated carbocycles. The molecule has 6 rings (SSSR count). The summed E-state index contributed by atoms with van der Waals surface area (Å²) in [6, 6.07) is 23.8. The zero-order valence-electron chi connectivity index (χ0n) is 19.5. The summed E-state index contributed by atoms with van der Waals surface area (Å²) in [5.74, 6) is 0. The van der Waals surface area contributed by atoms with Crippen molar-refractivity contribution in [1.82, 2.24) is 14.5 Å². The van der Waals surface area contributed by atoms with Crippen molar-refractivity contribution in [2.75, 3.05) is 5.32 Å². The van der Waals surface area contributed by atoms with Gasteiger partial charge in [-0.1, -0.05) is 29.8 Å². The number of hydrogen-bond donors (Lipinski definition) is 1. The Morgan fingerprint density at radius 3 is 2.50 bits per heavy atom. The molecule has 0 spiro atoms. The van der Waals surface area contributed by atoms with E-state index in [-0.39, 0.29) is 0 Å². The minimum atomic E-state index is 0.384. The molecule has 34 heavy (non-hydrogen) atoms. The van der Waals surface area contributed by atoms with Crippen LogP contribution in [-0.4, -0.2) is 20.6 Å². The van der Waals surface area contributed by atoms with Crippen LogP contribution in [0.2, 0.25) is 0 Å². The SMILES string of the molecule is Cc1ccc(-n2c3c/c(=N\C4CCC4)c(Nc4cncc(C)c4)cc-3nc3ccccc32)cc1. The Balaban J connectivity index is 1.63. The van der Waals surface area contributed by atoms with Gasteiger partial charge in [0.25, 0.3) is 0 Å². The lowest BCUT2D eigenvalue weighted by atomic mass is 9.94. The highest BCUT2D eigenvalue weighted by atomic mass is 15.0. The maximum atomic E-state index is 5.14. The Bertz CT molecular complexity index is 1530. The second kappa shape index (κ2) is 8.41. The molecule has 0 amide bonds. The van der Waals surface area contributed by atoms with Crippen molar-refractivity contribution in [3.63, 3.8) is 0 Å². The number of pyridine rings is 1. The molecule has 0 atom stereocenters. The molecule has 0 saturated heterocycles. The van der Waals surface area contributed by atoms with Crippen molar-refractivity contribution >= 4 is 22.4 Å². The van der Waals surface area contributed by atoms with Gasteiger partial charge in [0.1, 0.15) is 0 Å². The normalized spacial score (nSPS) is 14.5. The molecule has 5 nitrogen and oxygen atoms in total. The molecule has 168 valence electrons. The van der Waals surface area contributed by atoms with Crippen molar-refractivity contribution in [1.29, 1.82) is 0 Å². The van der Waals surface area contributed by atoms with Gasteiger partial charge in [-0.15, -0.1) is 0 Å². The molecule has 1 aliphatic heterocycles. The highest BCUT2D eigenvalue weighted by molar-refractivity contribution is 5.84. The molecule has 0 radical (unpaired) electrons. The molecule has 2 heterocycles. The van der Waals surface area contributed by atoms with Crippen LogP contribution in [0.5, 0.6) is 0 Å². The number of benzene rings is 3. The third-order valence-corrected chi connectivity index (χ3v) is 6.54. The van der Waals surface area contributed by atoms with E-state index < -0.39 is 0 Å². The maximum Gasteiger partial charge on any atom is 0.0900 e. The number of hydrogen-bond acceptors (Lipinski definition) is 4. The largest absolute Gasteiger partial charge is 0.352 e. The maximum absolute atomic E-state index is 5.14. The van der Waals surface area contributed by atoms with E-state index in [0.29, 0.717) is 6.04 Å². The van der Waals surface area contributed by atoms with E-state index in [1.165, 1.54) is 12.0 Å². The highest BCUT2D eigenvalue weighted by Crippen LogP contribution is 2.31. The van der Waals surface area contributed by atoms with Crippen molar-refractivity contribution in [2.24, 2.45) is 4.99 Å². The van der Waals surface area contributed by atoms with E-state index in [2.05, 4.69) is 89.4 Å². The number of rotatable bonds is 4.